The molecule has 0 spiro atoms. The van der Waals surface area contributed by atoms with Crippen molar-refractivity contribution in [2.24, 2.45) is 11.7 Å². The topological polar surface area (TPSA) is 29.3 Å². The smallest absolute Gasteiger partial charge is 0.0366 e. The summed E-state index contributed by atoms with van der Waals surface area (Å²) in [7, 11) is 2.14. The van der Waals surface area contributed by atoms with Gasteiger partial charge in [-0.05, 0) is 43.5 Å². The van der Waals surface area contributed by atoms with Gasteiger partial charge in [0.25, 0.3) is 0 Å². The Morgan fingerprint density at radius 3 is 2.73 bits per heavy atom. The van der Waals surface area contributed by atoms with Crippen molar-refractivity contribution >= 4 is 5.69 Å². The lowest BCUT2D eigenvalue weighted by molar-refractivity contribution is 0.545. The minimum atomic E-state index is 0.609. The van der Waals surface area contributed by atoms with Crippen LogP contribution < -0.4 is 10.6 Å². The highest BCUT2D eigenvalue weighted by atomic mass is 15.1. The van der Waals surface area contributed by atoms with Gasteiger partial charge in [-0.15, -0.1) is 0 Å². The van der Waals surface area contributed by atoms with E-state index in [-0.39, 0.29) is 0 Å². The van der Waals surface area contributed by atoms with Crippen molar-refractivity contribution in [3.63, 3.8) is 0 Å². The first-order valence-electron chi connectivity index (χ1n) is 5.61. The first-order chi connectivity index (χ1) is 7.13. The van der Waals surface area contributed by atoms with Gasteiger partial charge in [-0.2, -0.15) is 0 Å². The molecule has 2 N–H and O–H groups in total. The van der Waals surface area contributed by atoms with Crippen LogP contribution in [-0.2, 0) is 0 Å². The van der Waals surface area contributed by atoms with Gasteiger partial charge in [0.2, 0.25) is 0 Å². The zero-order valence-electron chi connectivity index (χ0n) is 10.0. The fraction of sp³-hybridized carbons (Fsp3) is 0.538. The van der Waals surface area contributed by atoms with Crippen molar-refractivity contribution in [1.82, 2.24) is 0 Å². The Morgan fingerprint density at radius 2 is 2.13 bits per heavy atom. The van der Waals surface area contributed by atoms with E-state index in [1.165, 1.54) is 11.3 Å². The number of nitrogens with two attached hydrogens (primary N) is 1. The van der Waals surface area contributed by atoms with Gasteiger partial charge in [0.1, 0.15) is 0 Å². The summed E-state index contributed by atoms with van der Waals surface area (Å²) in [6.07, 6.45) is 1.15. The van der Waals surface area contributed by atoms with Gasteiger partial charge >= 0.3 is 0 Å². The van der Waals surface area contributed by atoms with Gasteiger partial charge in [-0.3, -0.25) is 0 Å². The molecule has 0 bridgehead atoms. The van der Waals surface area contributed by atoms with E-state index in [4.69, 9.17) is 5.73 Å². The molecule has 0 amide bonds. The van der Waals surface area contributed by atoms with E-state index in [9.17, 15) is 0 Å². The van der Waals surface area contributed by atoms with Crippen LogP contribution in [0.5, 0.6) is 0 Å². The van der Waals surface area contributed by atoms with E-state index >= 15 is 0 Å². The largest absolute Gasteiger partial charge is 0.375 e. The number of nitrogens with zero attached hydrogens (tertiary/aromatic N) is 1. The molecule has 0 aliphatic carbocycles. The van der Waals surface area contributed by atoms with E-state index in [2.05, 4.69) is 50.1 Å². The van der Waals surface area contributed by atoms with Crippen LogP contribution >= 0.6 is 0 Å². The fourth-order valence-corrected chi connectivity index (χ4v) is 1.53. The normalized spacial score (nSPS) is 12.5. The molecule has 15 heavy (non-hydrogen) atoms. The minimum absolute atomic E-state index is 0.609. The Morgan fingerprint density at radius 1 is 1.40 bits per heavy atom. The molecule has 0 saturated heterocycles. The molecule has 1 unspecified atom stereocenters. The van der Waals surface area contributed by atoms with Gasteiger partial charge in [0.05, 0.1) is 0 Å². The molecule has 1 aromatic rings. The summed E-state index contributed by atoms with van der Waals surface area (Å²) in [4.78, 5) is 2.29. The SMILES string of the molecule is Cc1cccc(N(C)CCC(C)CN)c1. The highest BCUT2D eigenvalue weighted by Crippen LogP contribution is 2.15. The first kappa shape index (κ1) is 12.1. The number of anilines is 1. The quantitative estimate of drug-likeness (QED) is 0.801. The van der Waals surface area contributed by atoms with Gasteiger partial charge in [0, 0.05) is 19.3 Å². The monoisotopic (exact) mass is 206 g/mol. The summed E-state index contributed by atoms with van der Waals surface area (Å²) in [5.74, 6) is 0.609. The standard InChI is InChI=1S/C13H22N2/c1-11-5-4-6-13(9-11)15(3)8-7-12(2)10-14/h4-6,9,12H,7-8,10,14H2,1-3H3. The zero-order valence-corrected chi connectivity index (χ0v) is 10.0. The lowest BCUT2D eigenvalue weighted by atomic mass is 10.1. The molecule has 1 rings (SSSR count). The molecule has 0 aromatic heterocycles. The maximum absolute atomic E-state index is 5.60. The third kappa shape index (κ3) is 3.92. The lowest BCUT2D eigenvalue weighted by Gasteiger charge is -2.21. The van der Waals surface area contributed by atoms with Crippen molar-refractivity contribution in [3.05, 3.63) is 29.8 Å². The summed E-state index contributed by atoms with van der Waals surface area (Å²) in [6.45, 7) is 6.17. The van der Waals surface area contributed by atoms with Crippen molar-refractivity contribution in [3.8, 4) is 0 Å². The molecule has 0 heterocycles. The second-order valence-corrected chi connectivity index (χ2v) is 4.39. The number of benzene rings is 1. The van der Waals surface area contributed by atoms with Crippen LogP contribution in [-0.4, -0.2) is 20.1 Å². The average molecular weight is 206 g/mol. The average Bonchev–Trinajstić information content (AvgIpc) is 2.25. The maximum atomic E-state index is 5.60. The third-order valence-corrected chi connectivity index (χ3v) is 2.80. The van der Waals surface area contributed by atoms with Crippen molar-refractivity contribution in [1.29, 1.82) is 0 Å². The van der Waals surface area contributed by atoms with E-state index in [0.717, 1.165) is 19.5 Å². The maximum Gasteiger partial charge on any atom is 0.0366 e. The molecule has 0 fully saturated rings. The van der Waals surface area contributed by atoms with Gasteiger partial charge in [-0.1, -0.05) is 19.1 Å². The Hall–Kier alpha value is -1.02. The van der Waals surface area contributed by atoms with Crippen molar-refractivity contribution in [2.75, 3.05) is 25.0 Å². The Bertz CT molecular complexity index is 296. The summed E-state index contributed by atoms with van der Waals surface area (Å²) in [5.41, 5.74) is 8.20. The minimum Gasteiger partial charge on any atom is -0.375 e. The predicted molar refractivity (Wildman–Crippen MR) is 67.3 cm³/mol. The second kappa shape index (κ2) is 5.76. The molecule has 1 atom stereocenters. The van der Waals surface area contributed by atoms with E-state index in [1.807, 2.05) is 0 Å². The van der Waals surface area contributed by atoms with E-state index < -0.39 is 0 Å². The van der Waals surface area contributed by atoms with Crippen LogP contribution in [0.4, 0.5) is 5.69 Å². The molecule has 0 radical (unpaired) electrons. The third-order valence-electron chi connectivity index (χ3n) is 2.80. The van der Waals surface area contributed by atoms with Crippen LogP contribution in [0.2, 0.25) is 0 Å². The molecule has 0 aliphatic rings. The first-order valence-corrected chi connectivity index (χ1v) is 5.61. The lowest BCUT2D eigenvalue weighted by Crippen LogP contribution is -2.22. The zero-order chi connectivity index (χ0) is 11.3. The van der Waals surface area contributed by atoms with Crippen LogP contribution in [0.25, 0.3) is 0 Å². The summed E-state index contributed by atoms with van der Waals surface area (Å²) in [5, 5.41) is 0. The molecular weight excluding hydrogens is 184 g/mol. The molecule has 84 valence electrons. The summed E-state index contributed by atoms with van der Waals surface area (Å²) in [6, 6.07) is 8.60. The molecule has 2 heteroatoms. The Balaban J connectivity index is 2.50. The molecular formula is C13H22N2. The molecule has 2 nitrogen and oxygen atoms in total. The molecule has 0 saturated carbocycles. The van der Waals surface area contributed by atoms with E-state index in [1.54, 1.807) is 0 Å². The van der Waals surface area contributed by atoms with Crippen molar-refractivity contribution < 1.29 is 0 Å². The molecule has 0 aliphatic heterocycles. The number of rotatable bonds is 5. The molecule has 1 aromatic carbocycles. The Kier molecular flexibility index (Phi) is 4.63. The fourth-order valence-electron chi connectivity index (χ4n) is 1.53. The van der Waals surface area contributed by atoms with Gasteiger partial charge in [0.15, 0.2) is 0 Å². The summed E-state index contributed by atoms with van der Waals surface area (Å²) >= 11 is 0. The van der Waals surface area contributed by atoms with Crippen LogP contribution in [0.3, 0.4) is 0 Å². The predicted octanol–water partition coefficient (Wildman–Crippen LogP) is 2.42. The second-order valence-electron chi connectivity index (χ2n) is 4.39. The van der Waals surface area contributed by atoms with Gasteiger partial charge in [-0.25, -0.2) is 0 Å². The Labute approximate surface area is 93.1 Å². The summed E-state index contributed by atoms with van der Waals surface area (Å²) < 4.78 is 0. The van der Waals surface area contributed by atoms with E-state index in [0.29, 0.717) is 5.92 Å². The van der Waals surface area contributed by atoms with Gasteiger partial charge < -0.3 is 10.6 Å². The number of aryl methyl sites for hydroxylation is 1. The number of hydrogen-bond donors (Lipinski definition) is 1. The van der Waals surface area contributed by atoms with Crippen LogP contribution in [0, 0.1) is 12.8 Å². The highest BCUT2D eigenvalue weighted by molar-refractivity contribution is 5.47. The highest BCUT2D eigenvalue weighted by Gasteiger charge is 2.03. The van der Waals surface area contributed by atoms with Crippen LogP contribution in [0.1, 0.15) is 18.9 Å². The van der Waals surface area contributed by atoms with Crippen LogP contribution in [0.15, 0.2) is 24.3 Å². The number of hydrogen-bond acceptors (Lipinski definition) is 2. The van der Waals surface area contributed by atoms with Crippen molar-refractivity contribution in [2.45, 2.75) is 20.3 Å².